The van der Waals surface area contributed by atoms with Gasteiger partial charge in [0.2, 0.25) is 0 Å². The van der Waals surface area contributed by atoms with Crippen LogP contribution in [0.2, 0.25) is 0 Å². The number of hydrogen-bond donors (Lipinski definition) is 1. The van der Waals surface area contributed by atoms with Gasteiger partial charge in [0.15, 0.2) is 0 Å². The lowest BCUT2D eigenvalue weighted by Gasteiger charge is -2.06. The van der Waals surface area contributed by atoms with E-state index in [1.807, 2.05) is 24.3 Å². The lowest BCUT2D eigenvalue weighted by atomic mass is 10.2. The summed E-state index contributed by atoms with van der Waals surface area (Å²) in [5.74, 6) is 0.855. The maximum absolute atomic E-state index is 4.41. The molecule has 4 nitrogen and oxygen atoms in total. The van der Waals surface area contributed by atoms with Gasteiger partial charge in [-0.05, 0) is 29.8 Å². The second-order valence-electron chi connectivity index (χ2n) is 4.84. The number of rotatable bonds is 3. The third-order valence-electron chi connectivity index (χ3n) is 3.38. The summed E-state index contributed by atoms with van der Waals surface area (Å²) < 4.78 is 2.12. The molecule has 3 heterocycles. The van der Waals surface area contributed by atoms with Gasteiger partial charge in [-0.3, -0.25) is 0 Å². The van der Waals surface area contributed by atoms with Crippen molar-refractivity contribution in [1.29, 1.82) is 0 Å². The molecule has 0 bridgehead atoms. The van der Waals surface area contributed by atoms with Crippen molar-refractivity contribution in [2.24, 2.45) is 0 Å². The molecule has 0 aliphatic rings. The van der Waals surface area contributed by atoms with Gasteiger partial charge in [-0.1, -0.05) is 28.1 Å². The number of halogens is 1. The number of pyridine rings is 1. The number of fused-ring (bicyclic) bond motifs is 3. The molecule has 0 saturated carbocycles. The molecule has 1 aromatic carbocycles. The zero-order valence-corrected chi connectivity index (χ0v) is 13.9. The predicted octanol–water partition coefficient (Wildman–Crippen LogP) is 4.61. The number of anilines is 1. The van der Waals surface area contributed by atoms with Gasteiger partial charge in [0.05, 0.1) is 10.2 Å². The zero-order chi connectivity index (χ0) is 14.9. The van der Waals surface area contributed by atoms with Crippen molar-refractivity contribution in [3.8, 4) is 0 Å². The van der Waals surface area contributed by atoms with Crippen molar-refractivity contribution in [3.05, 3.63) is 59.0 Å². The van der Waals surface area contributed by atoms with Gasteiger partial charge in [0.1, 0.15) is 17.0 Å². The van der Waals surface area contributed by atoms with Gasteiger partial charge in [-0.25, -0.2) is 15.0 Å². The maximum Gasteiger partial charge on any atom is 0.147 e. The molecular weight excluding hydrogens is 360 g/mol. The normalized spacial score (nSPS) is 11.1. The van der Waals surface area contributed by atoms with E-state index in [9.17, 15) is 0 Å². The molecule has 0 unspecified atom stereocenters. The average molecular weight is 371 g/mol. The lowest BCUT2D eigenvalue weighted by molar-refractivity contribution is 1.10. The fourth-order valence-electron chi connectivity index (χ4n) is 2.37. The van der Waals surface area contributed by atoms with Gasteiger partial charge < -0.3 is 5.32 Å². The van der Waals surface area contributed by atoms with Crippen LogP contribution in [0.5, 0.6) is 0 Å². The van der Waals surface area contributed by atoms with Crippen molar-refractivity contribution in [3.63, 3.8) is 0 Å². The molecule has 4 rings (SSSR count). The molecule has 0 amide bonds. The quantitative estimate of drug-likeness (QED) is 0.571. The molecule has 0 fully saturated rings. The summed E-state index contributed by atoms with van der Waals surface area (Å²) in [6.07, 6.45) is 3.41. The molecule has 22 heavy (non-hydrogen) atoms. The Bertz CT molecular complexity index is 967. The molecule has 6 heteroatoms. The van der Waals surface area contributed by atoms with Crippen molar-refractivity contribution in [2.45, 2.75) is 6.54 Å². The average Bonchev–Trinajstić information content (AvgIpc) is 2.92. The second kappa shape index (κ2) is 5.62. The second-order valence-corrected chi connectivity index (χ2v) is 6.76. The molecule has 0 saturated heterocycles. The van der Waals surface area contributed by atoms with E-state index < -0.39 is 0 Å². The number of thiophene rings is 1. The lowest BCUT2D eigenvalue weighted by Crippen LogP contribution is -2.01. The van der Waals surface area contributed by atoms with E-state index in [0.717, 1.165) is 30.7 Å². The number of nitrogens with one attached hydrogen (secondary N) is 1. The molecule has 108 valence electrons. The molecule has 0 aliphatic heterocycles. The summed E-state index contributed by atoms with van der Waals surface area (Å²) in [5.41, 5.74) is 2.15. The van der Waals surface area contributed by atoms with Crippen LogP contribution >= 0.6 is 27.3 Å². The smallest absolute Gasteiger partial charge is 0.147 e. The maximum atomic E-state index is 4.41. The van der Waals surface area contributed by atoms with E-state index in [-0.39, 0.29) is 0 Å². The number of hydrogen-bond acceptors (Lipinski definition) is 5. The molecule has 0 radical (unpaired) electrons. The molecule has 4 aromatic rings. The van der Waals surface area contributed by atoms with Crippen molar-refractivity contribution >= 4 is 53.5 Å². The monoisotopic (exact) mass is 370 g/mol. The van der Waals surface area contributed by atoms with Crippen molar-refractivity contribution in [1.82, 2.24) is 15.0 Å². The first-order valence-electron chi connectivity index (χ1n) is 6.78. The highest BCUT2D eigenvalue weighted by molar-refractivity contribution is 9.10. The molecule has 3 aromatic heterocycles. The van der Waals surface area contributed by atoms with Crippen molar-refractivity contribution < 1.29 is 0 Å². The molecule has 0 spiro atoms. The topological polar surface area (TPSA) is 50.7 Å². The van der Waals surface area contributed by atoms with Crippen LogP contribution in [-0.4, -0.2) is 15.0 Å². The highest BCUT2D eigenvalue weighted by Crippen LogP contribution is 2.34. The van der Waals surface area contributed by atoms with Crippen LogP contribution in [0.1, 0.15) is 5.56 Å². The zero-order valence-electron chi connectivity index (χ0n) is 11.5. The SMILES string of the molecule is Brc1cccc(CNc2ncnc3c2sc2ncccc23)c1. The van der Waals surface area contributed by atoms with Crippen LogP contribution in [0.3, 0.4) is 0 Å². The minimum Gasteiger partial charge on any atom is -0.365 e. The summed E-state index contributed by atoms with van der Waals surface area (Å²) in [5, 5.41) is 4.48. The van der Waals surface area contributed by atoms with Crippen LogP contribution in [-0.2, 0) is 6.54 Å². The first kappa shape index (κ1) is 13.6. The summed E-state index contributed by atoms with van der Waals surface area (Å²) in [6, 6.07) is 12.2. The minimum absolute atomic E-state index is 0.716. The Morgan fingerprint density at radius 3 is 2.95 bits per heavy atom. The third-order valence-corrected chi connectivity index (χ3v) is 4.98. The molecule has 1 N–H and O–H groups in total. The van der Waals surface area contributed by atoms with E-state index in [1.165, 1.54) is 5.56 Å². The number of aromatic nitrogens is 3. The van der Waals surface area contributed by atoms with Gasteiger partial charge >= 0.3 is 0 Å². The van der Waals surface area contributed by atoms with Crippen LogP contribution in [0.25, 0.3) is 20.4 Å². The van der Waals surface area contributed by atoms with Crippen LogP contribution in [0.15, 0.2) is 53.4 Å². The van der Waals surface area contributed by atoms with Gasteiger partial charge in [-0.15, -0.1) is 11.3 Å². The van der Waals surface area contributed by atoms with E-state index in [2.05, 4.69) is 48.3 Å². The van der Waals surface area contributed by atoms with Crippen LogP contribution in [0.4, 0.5) is 5.82 Å². The standard InChI is InChI=1S/C16H11BrN4S/c17-11-4-1-3-10(7-11)8-19-15-14-13(20-9-21-15)12-5-2-6-18-16(12)22-14/h1-7,9H,8H2,(H,19,20,21). The van der Waals surface area contributed by atoms with E-state index >= 15 is 0 Å². The van der Waals surface area contributed by atoms with E-state index in [1.54, 1.807) is 23.9 Å². The molecular formula is C16H11BrN4S. The van der Waals surface area contributed by atoms with Gasteiger partial charge in [-0.2, -0.15) is 0 Å². The predicted molar refractivity (Wildman–Crippen MR) is 94.2 cm³/mol. The Labute approximate surface area is 139 Å². The Morgan fingerprint density at radius 2 is 2.05 bits per heavy atom. The van der Waals surface area contributed by atoms with Crippen molar-refractivity contribution in [2.75, 3.05) is 5.32 Å². The first-order chi connectivity index (χ1) is 10.8. The Balaban J connectivity index is 1.72. The largest absolute Gasteiger partial charge is 0.365 e. The number of benzene rings is 1. The molecule has 0 aliphatic carbocycles. The van der Waals surface area contributed by atoms with Gasteiger partial charge in [0, 0.05) is 22.6 Å². The first-order valence-corrected chi connectivity index (χ1v) is 8.39. The third kappa shape index (κ3) is 2.44. The summed E-state index contributed by atoms with van der Waals surface area (Å²) in [4.78, 5) is 14.2. The van der Waals surface area contributed by atoms with E-state index in [4.69, 9.17) is 0 Å². The summed E-state index contributed by atoms with van der Waals surface area (Å²) in [7, 11) is 0. The van der Waals surface area contributed by atoms with Gasteiger partial charge in [0.25, 0.3) is 0 Å². The Hall–Kier alpha value is -2.05. The fraction of sp³-hybridized carbons (Fsp3) is 0.0625. The van der Waals surface area contributed by atoms with Crippen LogP contribution < -0.4 is 5.32 Å². The summed E-state index contributed by atoms with van der Waals surface area (Å²) >= 11 is 5.11. The molecule has 0 atom stereocenters. The summed E-state index contributed by atoms with van der Waals surface area (Å²) in [6.45, 7) is 0.716. The fourth-order valence-corrected chi connectivity index (χ4v) is 3.88. The Kier molecular flexibility index (Phi) is 3.48. The van der Waals surface area contributed by atoms with Crippen LogP contribution in [0, 0.1) is 0 Å². The highest BCUT2D eigenvalue weighted by atomic mass is 79.9. The minimum atomic E-state index is 0.716. The highest BCUT2D eigenvalue weighted by Gasteiger charge is 2.11. The Morgan fingerprint density at radius 1 is 1.09 bits per heavy atom. The van der Waals surface area contributed by atoms with E-state index in [0.29, 0.717) is 6.54 Å². The number of nitrogens with zero attached hydrogens (tertiary/aromatic N) is 3.